The third-order valence-electron chi connectivity index (χ3n) is 3.64. The fourth-order valence-corrected chi connectivity index (χ4v) is 2.45. The van der Waals surface area contributed by atoms with Gasteiger partial charge in [0.2, 0.25) is 5.91 Å². The summed E-state index contributed by atoms with van der Waals surface area (Å²) in [5, 5.41) is 3.44. The van der Waals surface area contributed by atoms with Crippen molar-refractivity contribution in [3.05, 3.63) is 70.2 Å². The van der Waals surface area contributed by atoms with Crippen molar-refractivity contribution in [2.45, 2.75) is 32.7 Å². The largest absolute Gasteiger partial charge is 0.352 e. The molecular formula is C19H20ClNO2. The van der Waals surface area contributed by atoms with Crippen molar-refractivity contribution in [1.82, 2.24) is 5.32 Å². The van der Waals surface area contributed by atoms with Crippen molar-refractivity contribution in [3.8, 4) is 0 Å². The highest BCUT2D eigenvalue weighted by Gasteiger charge is 2.09. The molecule has 0 spiro atoms. The summed E-state index contributed by atoms with van der Waals surface area (Å²) in [6.45, 7) is 2.49. The van der Waals surface area contributed by atoms with Gasteiger partial charge in [-0.1, -0.05) is 54.9 Å². The topological polar surface area (TPSA) is 46.2 Å². The number of carbonyl (C=O) groups excluding carboxylic acids is 2. The summed E-state index contributed by atoms with van der Waals surface area (Å²) >= 11 is 5.89. The molecule has 0 radical (unpaired) electrons. The first-order valence-corrected chi connectivity index (χ1v) is 8.09. The number of Topliss-reactive ketones (excluding diaryl/α,β-unsaturated/α-hetero) is 1. The van der Waals surface area contributed by atoms with Crippen LogP contribution in [-0.2, 0) is 17.8 Å². The Morgan fingerprint density at radius 2 is 1.74 bits per heavy atom. The molecule has 3 nitrogen and oxygen atoms in total. The predicted molar refractivity (Wildman–Crippen MR) is 92.7 cm³/mol. The molecule has 2 aromatic rings. The van der Waals surface area contributed by atoms with E-state index in [9.17, 15) is 9.59 Å². The number of benzene rings is 2. The Bertz CT molecular complexity index is 680. The van der Waals surface area contributed by atoms with Crippen LogP contribution in [0.15, 0.2) is 48.5 Å². The second-order valence-electron chi connectivity index (χ2n) is 5.38. The Labute approximate surface area is 141 Å². The van der Waals surface area contributed by atoms with Crippen LogP contribution in [0.4, 0.5) is 0 Å². The van der Waals surface area contributed by atoms with Crippen LogP contribution in [0.2, 0.25) is 5.02 Å². The van der Waals surface area contributed by atoms with E-state index in [0.717, 1.165) is 12.0 Å². The molecule has 2 aromatic carbocycles. The lowest BCUT2D eigenvalue weighted by molar-refractivity contribution is -0.121. The maximum Gasteiger partial charge on any atom is 0.220 e. The number of hydrogen-bond acceptors (Lipinski definition) is 2. The van der Waals surface area contributed by atoms with Gasteiger partial charge < -0.3 is 5.32 Å². The van der Waals surface area contributed by atoms with Gasteiger partial charge in [-0.25, -0.2) is 0 Å². The Morgan fingerprint density at radius 1 is 1.00 bits per heavy atom. The molecule has 0 aliphatic carbocycles. The Kier molecular flexibility index (Phi) is 6.36. The number of carbonyl (C=O) groups is 2. The number of aryl methyl sites for hydroxylation is 1. The van der Waals surface area contributed by atoms with Crippen molar-refractivity contribution in [3.63, 3.8) is 0 Å². The van der Waals surface area contributed by atoms with E-state index >= 15 is 0 Å². The molecule has 0 fully saturated rings. The quantitative estimate of drug-likeness (QED) is 0.774. The van der Waals surface area contributed by atoms with Crippen molar-refractivity contribution >= 4 is 23.3 Å². The van der Waals surface area contributed by atoms with Gasteiger partial charge in [0.25, 0.3) is 0 Å². The average Bonchev–Trinajstić information content (AvgIpc) is 2.58. The number of ketones is 1. The first-order chi connectivity index (χ1) is 11.1. The monoisotopic (exact) mass is 329 g/mol. The van der Waals surface area contributed by atoms with E-state index in [0.29, 0.717) is 17.1 Å². The van der Waals surface area contributed by atoms with Gasteiger partial charge in [-0.3, -0.25) is 9.59 Å². The minimum atomic E-state index is -0.136. The van der Waals surface area contributed by atoms with Crippen molar-refractivity contribution in [1.29, 1.82) is 0 Å². The Balaban J connectivity index is 1.78. The second kappa shape index (κ2) is 8.49. The van der Waals surface area contributed by atoms with Crippen LogP contribution in [-0.4, -0.2) is 11.7 Å². The molecule has 4 heteroatoms. The molecule has 1 N–H and O–H groups in total. The standard InChI is InChI=1S/C19H20ClNO2/c1-2-14-6-8-16(9-7-14)18(22)10-11-19(23)21-13-15-4-3-5-17(20)12-15/h3-9,12H,2,10-11,13H2,1H3,(H,21,23). The molecule has 0 aliphatic heterocycles. The molecule has 0 atom stereocenters. The minimum absolute atomic E-state index is 0.00874. The van der Waals surface area contributed by atoms with Crippen LogP contribution in [0.5, 0.6) is 0 Å². The van der Waals surface area contributed by atoms with E-state index in [-0.39, 0.29) is 24.5 Å². The summed E-state index contributed by atoms with van der Waals surface area (Å²) in [4.78, 5) is 23.9. The molecule has 1 amide bonds. The van der Waals surface area contributed by atoms with Gasteiger partial charge in [-0.2, -0.15) is 0 Å². The van der Waals surface area contributed by atoms with Gasteiger partial charge in [0.15, 0.2) is 5.78 Å². The zero-order chi connectivity index (χ0) is 16.7. The summed E-state index contributed by atoms with van der Waals surface area (Å²) < 4.78 is 0. The van der Waals surface area contributed by atoms with Crippen LogP contribution in [0.25, 0.3) is 0 Å². The second-order valence-corrected chi connectivity index (χ2v) is 5.82. The maximum atomic E-state index is 12.1. The highest BCUT2D eigenvalue weighted by molar-refractivity contribution is 6.30. The predicted octanol–water partition coefficient (Wildman–Crippen LogP) is 4.18. The summed E-state index contributed by atoms with van der Waals surface area (Å²) in [6, 6.07) is 14.9. The SMILES string of the molecule is CCc1ccc(C(=O)CCC(=O)NCc2cccc(Cl)c2)cc1. The van der Waals surface area contributed by atoms with Crippen LogP contribution in [0.1, 0.15) is 41.3 Å². The summed E-state index contributed by atoms with van der Waals surface area (Å²) in [6.07, 6.45) is 1.35. The molecule has 0 aromatic heterocycles. The normalized spacial score (nSPS) is 10.3. The molecule has 0 saturated heterocycles. The van der Waals surface area contributed by atoms with Gasteiger partial charge in [0.05, 0.1) is 0 Å². The van der Waals surface area contributed by atoms with Crippen LogP contribution in [0.3, 0.4) is 0 Å². The molecule has 0 aliphatic rings. The van der Waals surface area contributed by atoms with Gasteiger partial charge in [-0.05, 0) is 29.7 Å². The van der Waals surface area contributed by atoms with Crippen LogP contribution < -0.4 is 5.32 Å². The molecular weight excluding hydrogens is 310 g/mol. The van der Waals surface area contributed by atoms with Crippen molar-refractivity contribution in [2.24, 2.45) is 0 Å². The Morgan fingerprint density at radius 3 is 2.39 bits per heavy atom. The summed E-state index contributed by atoms with van der Waals surface area (Å²) in [5.41, 5.74) is 2.79. The van der Waals surface area contributed by atoms with E-state index in [1.807, 2.05) is 42.5 Å². The zero-order valence-corrected chi connectivity index (χ0v) is 13.9. The molecule has 0 saturated carbocycles. The maximum absolute atomic E-state index is 12.1. The molecule has 23 heavy (non-hydrogen) atoms. The Hall–Kier alpha value is -2.13. The lowest BCUT2D eigenvalue weighted by Crippen LogP contribution is -2.23. The van der Waals surface area contributed by atoms with E-state index in [1.54, 1.807) is 6.07 Å². The number of rotatable bonds is 7. The van der Waals surface area contributed by atoms with Crippen LogP contribution in [0, 0.1) is 0 Å². The first kappa shape index (κ1) is 17.2. The van der Waals surface area contributed by atoms with Crippen molar-refractivity contribution in [2.75, 3.05) is 0 Å². The van der Waals surface area contributed by atoms with Gasteiger partial charge in [-0.15, -0.1) is 0 Å². The number of hydrogen-bond donors (Lipinski definition) is 1. The smallest absolute Gasteiger partial charge is 0.220 e. The number of nitrogens with one attached hydrogen (secondary N) is 1. The third-order valence-corrected chi connectivity index (χ3v) is 3.88. The fraction of sp³-hybridized carbons (Fsp3) is 0.263. The molecule has 2 rings (SSSR count). The highest BCUT2D eigenvalue weighted by Crippen LogP contribution is 2.11. The van der Waals surface area contributed by atoms with Crippen LogP contribution >= 0.6 is 11.6 Å². The number of amides is 1. The number of halogens is 1. The molecule has 0 heterocycles. The zero-order valence-electron chi connectivity index (χ0n) is 13.1. The lowest BCUT2D eigenvalue weighted by Gasteiger charge is -2.06. The van der Waals surface area contributed by atoms with Gasteiger partial charge >= 0.3 is 0 Å². The molecule has 0 unspecified atom stereocenters. The summed E-state index contributed by atoms with van der Waals surface area (Å²) in [5.74, 6) is -0.144. The van der Waals surface area contributed by atoms with E-state index in [1.165, 1.54) is 5.56 Å². The highest BCUT2D eigenvalue weighted by atomic mass is 35.5. The third kappa shape index (κ3) is 5.53. The minimum Gasteiger partial charge on any atom is -0.352 e. The fourth-order valence-electron chi connectivity index (χ4n) is 2.23. The van der Waals surface area contributed by atoms with E-state index < -0.39 is 0 Å². The molecule has 120 valence electrons. The average molecular weight is 330 g/mol. The first-order valence-electron chi connectivity index (χ1n) is 7.71. The van der Waals surface area contributed by atoms with Crippen molar-refractivity contribution < 1.29 is 9.59 Å². The summed E-state index contributed by atoms with van der Waals surface area (Å²) in [7, 11) is 0. The van der Waals surface area contributed by atoms with E-state index in [4.69, 9.17) is 11.6 Å². The van der Waals surface area contributed by atoms with Gasteiger partial charge in [0, 0.05) is 30.0 Å². The van der Waals surface area contributed by atoms with Gasteiger partial charge in [0.1, 0.15) is 0 Å². The van der Waals surface area contributed by atoms with E-state index in [2.05, 4.69) is 12.2 Å². The molecule has 0 bridgehead atoms. The lowest BCUT2D eigenvalue weighted by atomic mass is 10.0.